The molecule has 1 aromatic rings. The van der Waals surface area contributed by atoms with Crippen LogP contribution < -0.4 is 16.0 Å². The smallest absolute Gasteiger partial charge is 0.408 e. The molecule has 0 aliphatic carbocycles. The average molecular weight is 363 g/mol. The Balaban J connectivity index is 2.60. The van der Waals surface area contributed by atoms with E-state index in [0.717, 1.165) is 12.8 Å². The molecule has 144 valence electrons. The van der Waals surface area contributed by atoms with Crippen molar-refractivity contribution in [1.82, 2.24) is 16.0 Å². The minimum Gasteiger partial charge on any atom is -0.444 e. The van der Waals surface area contributed by atoms with Crippen molar-refractivity contribution >= 4 is 17.9 Å². The number of nitrogens with one attached hydrogen (secondary N) is 3. The summed E-state index contributed by atoms with van der Waals surface area (Å²) in [6.07, 6.45) is 0.835. The van der Waals surface area contributed by atoms with Gasteiger partial charge in [0.2, 0.25) is 11.8 Å². The molecule has 7 nitrogen and oxygen atoms in total. The van der Waals surface area contributed by atoms with Gasteiger partial charge in [-0.1, -0.05) is 30.3 Å². The lowest BCUT2D eigenvalue weighted by atomic mass is 10.1. The molecule has 0 aliphatic heterocycles. The second kappa shape index (κ2) is 10.4. The van der Waals surface area contributed by atoms with Crippen molar-refractivity contribution in [2.24, 2.45) is 0 Å². The van der Waals surface area contributed by atoms with Crippen LogP contribution in [0.2, 0.25) is 0 Å². The van der Waals surface area contributed by atoms with Crippen molar-refractivity contribution in [2.75, 3.05) is 13.1 Å². The summed E-state index contributed by atoms with van der Waals surface area (Å²) in [5, 5.41) is 8.15. The van der Waals surface area contributed by atoms with Crippen LogP contribution >= 0.6 is 0 Å². The molecule has 1 unspecified atom stereocenters. The zero-order valence-corrected chi connectivity index (χ0v) is 15.9. The highest BCUT2D eigenvalue weighted by molar-refractivity contribution is 5.86. The molecule has 0 saturated heterocycles. The molecule has 0 fully saturated rings. The predicted molar refractivity (Wildman–Crippen MR) is 99.5 cm³/mol. The van der Waals surface area contributed by atoms with Crippen LogP contribution in [0.5, 0.6) is 0 Å². The van der Waals surface area contributed by atoms with E-state index in [2.05, 4.69) is 16.0 Å². The third-order valence-corrected chi connectivity index (χ3v) is 3.33. The molecule has 1 aromatic carbocycles. The summed E-state index contributed by atoms with van der Waals surface area (Å²) in [4.78, 5) is 35.4. The highest BCUT2D eigenvalue weighted by atomic mass is 16.6. The minimum atomic E-state index is -0.832. The fourth-order valence-corrected chi connectivity index (χ4v) is 2.20. The first-order valence-corrected chi connectivity index (χ1v) is 8.75. The Morgan fingerprint density at radius 2 is 1.58 bits per heavy atom. The van der Waals surface area contributed by atoms with Crippen molar-refractivity contribution in [3.05, 3.63) is 35.9 Å². The van der Waals surface area contributed by atoms with Gasteiger partial charge in [0, 0.05) is 20.0 Å². The van der Waals surface area contributed by atoms with Crippen LogP contribution in [-0.2, 0) is 14.3 Å². The quantitative estimate of drug-likeness (QED) is 0.617. The summed E-state index contributed by atoms with van der Waals surface area (Å²) in [5.74, 6) is -0.374. The van der Waals surface area contributed by atoms with E-state index >= 15 is 0 Å². The van der Waals surface area contributed by atoms with Gasteiger partial charge in [-0.15, -0.1) is 0 Å². The Labute approximate surface area is 154 Å². The number of amides is 3. The second-order valence-corrected chi connectivity index (χ2v) is 6.97. The first kappa shape index (κ1) is 21.5. The number of hydrogen-bond donors (Lipinski definition) is 3. The predicted octanol–water partition coefficient (Wildman–Crippen LogP) is 2.28. The summed E-state index contributed by atoms with van der Waals surface area (Å²) >= 11 is 0. The first-order chi connectivity index (χ1) is 12.2. The number of carbonyl (C=O) groups is 3. The number of hydrogen-bond acceptors (Lipinski definition) is 4. The first-order valence-electron chi connectivity index (χ1n) is 8.75. The largest absolute Gasteiger partial charge is 0.444 e. The van der Waals surface area contributed by atoms with Gasteiger partial charge in [-0.3, -0.25) is 9.59 Å². The van der Waals surface area contributed by atoms with Crippen molar-refractivity contribution in [3.8, 4) is 0 Å². The molecule has 0 saturated carbocycles. The van der Waals surface area contributed by atoms with Crippen LogP contribution in [0.3, 0.4) is 0 Å². The number of alkyl carbamates (subject to hydrolysis) is 1. The van der Waals surface area contributed by atoms with Gasteiger partial charge in [0.05, 0.1) is 0 Å². The molecule has 0 bridgehead atoms. The summed E-state index contributed by atoms with van der Waals surface area (Å²) in [5.41, 5.74) is 0.0278. The minimum absolute atomic E-state index is 0.0697. The molecule has 3 amide bonds. The lowest BCUT2D eigenvalue weighted by Crippen LogP contribution is -2.42. The number of benzene rings is 1. The van der Waals surface area contributed by atoms with Gasteiger partial charge in [0.1, 0.15) is 11.6 Å². The zero-order chi connectivity index (χ0) is 19.6. The maximum absolute atomic E-state index is 12.5. The third kappa shape index (κ3) is 9.05. The molecule has 0 heterocycles. The molecule has 26 heavy (non-hydrogen) atoms. The Morgan fingerprint density at radius 3 is 2.12 bits per heavy atom. The number of rotatable bonds is 8. The van der Waals surface area contributed by atoms with Crippen molar-refractivity contribution in [3.63, 3.8) is 0 Å². The Kier molecular flexibility index (Phi) is 8.61. The van der Waals surface area contributed by atoms with E-state index in [0.29, 0.717) is 18.7 Å². The summed E-state index contributed by atoms with van der Waals surface area (Å²) < 4.78 is 5.25. The van der Waals surface area contributed by atoms with Gasteiger partial charge < -0.3 is 20.7 Å². The monoisotopic (exact) mass is 363 g/mol. The van der Waals surface area contributed by atoms with E-state index in [4.69, 9.17) is 4.74 Å². The fourth-order valence-electron chi connectivity index (χ4n) is 2.20. The topological polar surface area (TPSA) is 96.5 Å². The molecule has 1 rings (SSSR count). The van der Waals surface area contributed by atoms with E-state index in [1.807, 2.05) is 6.07 Å². The van der Waals surface area contributed by atoms with Crippen LogP contribution in [0.4, 0.5) is 4.79 Å². The Morgan fingerprint density at radius 1 is 1.00 bits per heavy atom. The van der Waals surface area contributed by atoms with Gasteiger partial charge >= 0.3 is 6.09 Å². The molecule has 1 atom stereocenters. The summed E-state index contributed by atoms with van der Waals surface area (Å²) in [7, 11) is 0. The molecule has 3 N–H and O–H groups in total. The standard InChI is InChI=1S/C19H29N3O4/c1-14(23)20-12-8-9-13-21-17(24)16(15-10-6-5-7-11-15)22-18(25)26-19(2,3)4/h5-7,10-11,16H,8-9,12-13H2,1-4H3,(H,20,23)(H,21,24)(H,22,25). The van der Waals surface area contributed by atoms with Crippen LogP contribution in [0, 0.1) is 0 Å². The molecule has 0 spiro atoms. The van der Waals surface area contributed by atoms with Gasteiger partial charge in [0.15, 0.2) is 0 Å². The molecular formula is C19H29N3O4. The van der Waals surface area contributed by atoms with E-state index < -0.39 is 17.7 Å². The molecular weight excluding hydrogens is 334 g/mol. The van der Waals surface area contributed by atoms with E-state index in [1.54, 1.807) is 45.0 Å². The van der Waals surface area contributed by atoms with Crippen molar-refractivity contribution < 1.29 is 19.1 Å². The number of ether oxygens (including phenoxy) is 1. The molecule has 0 radical (unpaired) electrons. The van der Waals surface area contributed by atoms with E-state index in [1.165, 1.54) is 6.92 Å². The van der Waals surface area contributed by atoms with Crippen LogP contribution in [0.15, 0.2) is 30.3 Å². The van der Waals surface area contributed by atoms with E-state index in [-0.39, 0.29) is 11.8 Å². The lowest BCUT2D eigenvalue weighted by molar-refractivity contribution is -0.123. The second-order valence-electron chi connectivity index (χ2n) is 6.97. The summed E-state index contributed by atoms with van der Waals surface area (Å²) in [6, 6.07) is 8.17. The zero-order valence-electron chi connectivity index (χ0n) is 15.9. The van der Waals surface area contributed by atoms with Crippen molar-refractivity contribution in [1.29, 1.82) is 0 Å². The lowest BCUT2D eigenvalue weighted by Gasteiger charge is -2.23. The fraction of sp³-hybridized carbons (Fsp3) is 0.526. The van der Waals surface area contributed by atoms with Gasteiger partial charge in [-0.05, 0) is 39.2 Å². The van der Waals surface area contributed by atoms with Gasteiger partial charge in [-0.25, -0.2) is 4.79 Å². The maximum Gasteiger partial charge on any atom is 0.408 e. The Hall–Kier alpha value is -2.57. The van der Waals surface area contributed by atoms with Crippen LogP contribution in [0.25, 0.3) is 0 Å². The molecule has 0 aliphatic rings. The number of carbonyl (C=O) groups excluding carboxylic acids is 3. The highest BCUT2D eigenvalue weighted by Gasteiger charge is 2.25. The summed E-state index contributed by atoms with van der Waals surface area (Å²) in [6.45, 7) is 7.79. The third-order valence-electron chi connectivity index (χ3n) is 3.33. The SMILES string of the molecule is CC(=O)NCCCCNC(=O)C(NC(=O)OC(C)(C)C)c1ccccc1. The maximum atomic E-state index is 12.5. The highest BCUT2D eigenvalue weighted by Crippen LogP contribution is 2.15. The van der Waals surface area contributed by atoms with E-state index in [9.17, 15) is 14.4 Å². The number of unbranched alkanes of at least 4 members (excludes halogenated alkanes) is 1. The molecule has 7 heteroatoms. The molecule has 0 aromatic heterocycles. The average Bonchev–Trinajstić information content (AvgIpc) is 2.54. The normalized spacial score (nSPS) is 12.0. The van der Waals surface area contributed by atoms with Gasteiger partial charge in [-0.2, -0.15) is 0 Å². The Bertz CT molecular complexity index is 597. The van der Waals surface area contributed by atoms with Crippen molar-refractivity contribution in [2.45, 2.75) is 52.2 Å². The van der Waals surface area contributed by atoms with Crippen LogP contribution in [-0.4, -0.2) is 36.6 Å². The van der Waals surface area contributed by atoms with Gasteiger partial charge in [0.25, 0.3) is 0 Å². The van der Waals surface area contributed by atoms with Crippen LogP contribution in [0.1, 0.15) is 52.1 Å².